The molecule has 1 aromatic carbocycles. The highest BCUT2D eigenvalue weighted by Gasteiger charge is 2.27. The van der Waals surface area contributed by atoms with Crippen molar-refractivity contribution >= 4 is 27.2 Å². The third-order valence-corrected chi connectivity index (χ3v) is 4.93. The summed E-state index contributed by atoms with van der Waals surface area (Å²) in [6.45, 7) is 1.39. The molecule has 3 nitrogen and oxygen atoms in total. The standard InChI is InChI=1S/C12H15ClO3S/c1-10(14)9-12(17(15,16)8-7-13)11-5-3-2-4-6-11/h2-6,12H,7-9H2,1H3. The van der Waals surface area contributed by atoms with Gasteiger partial charge in [0.1, 0.15) is 5.78 Å². The lowest BCUT2D eigenvalue weighted by Gasteiger charge is -2.16. The summed E-state index contributed by atoms with van der Waals surface area (Å²) in [4.78, 5) is 11.2. The summed E-state index contributed by atoms with van der Waals surface area (Å²) in [6, 6.07) is 8.78. The molecule has 94 valence electrons. The van der Waals surface area contributed by atoms with Crippen molar-refractivity contribution in [3.05, 3.63) is 35.9 Å². The van der Waals surface area contributed by atoms with Gasteiger partial charge < -0.3 is 0 Å². The fourth-order valence-electron chi connectivity index (χ4n) is 1.63. The van der Waals surface area contributed by atoms with Crippen molar-refractivity contribution in [1.82, 2.24) is 0 Å². The van der Waals surface area contributed by atoms with E-state index >= 15 is 0 Å². The number of ketones is 1. The second kappa shape index (κ2) is 6.17. The zero-order chi connectivity index (χ0) is 12.9. The van der Waals surface area contributed by atoms with Gasteiger partial charge in [0.15, 0.2) is 9.84 Å². The van der Waals surface area contributed by atoms with Gasteiger partial charge in [-0.15, -0.1) is 11.6 Å². The maximum atomic E-state index is 12.0. The topological polar surface area (TPSA) is 51.2 Å². The Morgan fingerprint density at radius 1 is 1.29 bits per heavy atom. The van der Waals surface area contributed by atoms with Crippen LogP contribution in [0.5, 0.6) is 0 Å². The van der Waals surface area contributed by atoms with Crippen molar-refractivity contribution in [2.75, 3.05) is 11.6 Å². The van der Waals surface area contributed by atoms with E-state index in [0.717, 1.165) is 0 Å². The Morgan fingerprint density at radius 3 is 2.35 bits per heavy atom. The van der Waals surface area contributed by atoms with Gasteiger partial charge in [0, 0.05) is 12.3 Å². The average Bonchev–Trinajstić information content (AvgIpc) is 2.26. The van der Waals surface area contributed by atoms with Crippen molar-refractivity contribution in [1.29, 1.82) is 0 Å². The predicted octanol–water partition coefficient (Wildman–Crippen LogP) is 2.36. The summed E-state index contributed by atoms with van der Waals surface area (Å²) in [6.07, 6.45) is 0.00321. The molecule has 0 spiro atoms. The predicted molar refractivity (Wildman–Crippen MR) is 69.0 cm³/mol. The minimum atomic E-state index is -3.37. The Bertz CT molecular complexity index is 468. The number of hydrogen-bond acceptors (Lipinski definition) is 3. The van der Waals surface area contributed by atoms with Crippen molar-refractivity contribution in [2.45, 2.75) is 18.6 Å². The van der Waals surface area contributed by atoms with Crippen LogP contribution in [-0.4, -0.2) is 25.8 Å². The largest absolute Gasteiger partial charge is 0.300 e. The molecule has 0 aromatic heterocycles. The van der Waals surface area contributed by atoms with E-state index in [1.54, 1.807) is 24.3 Å². The molecule has 0 amide bonds. The summed E-state index contributed by atoms with van der Waals surface area (Å²) < 4.78 is 24.1. The van der Waals surface area contributed by atoms with Crippen LogP contribution in [-0.2, 0) is 14.6 Å². The fraction of sp³-hybridized carbons (Fsp3) is 0.417. The van der Waals surface area contributed by atoms with Gasteiger partial charge in [0.2, 0.25) is 0 Å². The second-order valence-electron chi connectivity index (χ2n) is 3.86. The van der Waals surface area contributed by atoms with Gasteiger partial charge in [-0.2, -0.15) is 0 Å². The molecule has 1 rings (SSSR count). The van der Waals surface area contributed by atoms with E-state index in [0.29, 0.717) is 5.56 Å². The van der Waals surface area contributed by atoms with Crippen LogP contribution in [0.25, 0.3) is 0 Å². The number of halogens is 1. The first-order chi connectivity index (χ1) is 7.97. The van der Waals surface area contributed by atoms with Crippen LogP contribution in [0.3, 0.4) is 0 Å². The summed E-state index contributed by atoms with van der Waals surface area (Å²) in [5, 5.41) is -0.778. The number of carbonyl (C=O) groups excluding carboxylic acids is 1. The molecule has 0 heterocycles. The van der Waals surface area contributed by atoms with Crippen LogP contribution in [0.2, 0.25) is 0 Å². The zero-order valence-corrected chi connectivity index (χ0v) is 11.2. The van der Waals surface area contributed by atoms with E-state index in [4.69, 9.17) is 11.6 Å². The Kier molecular flexibility index (Phi) is 5.15. The Balaban J connectivity index is 3.09. The molecule has 0 fully saturated rings. The highest BCUT2D eigenvalue weighted by atomic mass is 35.5. The van der Waals surface area contributed by atoms with E-state index in [-0.39, 0.29) is 23.8 Å². The molecule has 0 radical (unpaired) electrons. The van der Waals surface area contributed by atoms with Crippen molar-refractivity contribution in [3.63, 3.8) is 0 Å². The lowest BCUT2D eigenvalue weighted by molar-refractivity contribution is -0.117. The number of benzene rings is 1. The first-order valence-electron chi connectivity index (χ1n) is 5.29. The molecule has 0 aliphatic carbocycles. The Labute approximate surface area is 107 Å². The second-order valence-corrected chi connectivity index (χ2v) is 6.54. The summed E-state index contributed by atoms with van der Waals surface area (Å²) >= 11 is 5.49. The number of carbonyl (C=O) groups is 1. The van der Waals surface area contributed by atoms with Gasteiger partial charge in [0.05, 0.1) is 11.0 Å². The van der Waals surface area contributed by atoms with Gasteiger partial charge >= 0.3 is 0 Å². The van der Waals surface area contributed by atoms with Crippen LogP contribution >= 0.6 is 11.6 Å². The summed E-state index contributed by atoms with van der Waals surface area (Å²) in [5.74, 6) is -0.206. The lowest BCUT2D eigenvalue weighted by Crippen LogP contribution is -2.20. The molecule has 1 atom stereocenters. The highest BCUT2D eigenvalue weighted by Crippen LogP contribution is 2.27. The Hall–Kier alpha value is -0.870. The van der Waals surface area contributed by atoms with E-state index in [9.17, 15) is 13.2 Å². The van der Waals surface area contributed by atoms with Crippen LogP contribution in [0.4, 0.5) is 0 Å². The minimum Gasteiger partial charge on any atom is -0.300 e. The van der Waals surface area contributed by atoms with Crippen LogP contribution in [0.15, 0.2) is 30.3 Å². The number of sulfone groups is 1. The molecule has 0 bridgehead atoms. The average molecular weight is 275 g/mol. The first kappa shape index (κ1) is 14.2. The quantitative estimate of drug-likeness (QED) is 0.748. The van der Waals surface area contributed by atoms with Gasteiger partial charge in [-0.25, -0.2) is 8.42 Å². The molecule has 0 saturated carbocycles. The molecular formula is C12H15ClO3S. The van der Waals surface area contributed by atoms with E-state index < -0.39 is 15.1 Å². The molecular weight excluding hydrogens is 260 g/mol. The third kappa shape index (κ3) is 4.13. The zero-order valence-electron chi connectivity index (χ0n) is 9.60. The summed E-state index contributed by atoms with van der Waals surface area (Å²) in [7, 11) is -3.37. The SMILES string of the molecule is CC(=O)CC(c1ccccc1)S(=O)(=O)CCCl. The monoisotopic (exact) mass is 274 g/mol. The van der Waals surface area contributed by atoms with Crippen LogP contribution in [0.1, 0.15) is 24.2 Å². The van der Waals surface area contributed by atoms with Crippen LogP contribution < -0.4 is 0 Å². The highest BCUT2D eigenvalue weighted by molar-refractivity contribution is 7.91. The number of alkyl halides is 1. The molecule has 17 heavy (non-hydrogen) atoms. The number of Topliss-reactive ketones (excluding diaryl/α,β-unsaturated/α-hetero) is 1. The van der Waals surface area contributed by atoms with E-state index in [2.05, 4.69) is 0 Å². The molecule has 1 unspecified atom stereocenters. The molecule has 0 aliphatic rings. The van der Waals surface area contributed by atoms with Crippen LogP contribution in [0, 0.1) is 0 Å². The van der Waals surface area contributed by atoms with Gasteiger partial charge in [-0.05, 0) is 12.5 Å². The molecule has 5 heteroatoms. The molecule has 0 N–H and O–H groups in total. The fourth-order valence-corrected chi connectivity index (χ4v) is 3.84. The number of rotatable bonds is 6. The minimum absolute atomic E-state index is 0.00321. The van der Waals surface area contributed by atoms with Gasteiger partial charge in [0.25, 0.3) is 0 Å². The third-order valence-electron chi connectivity index (χ3n) is 2.44. The smallest absolute Gasteiger partial charge is 0.158 e. The van der Waals surface area contributed by atoms with E-state index in [1.165, 1.54) is 6.92 Å². The van der Waals surface area contributed by atoms with Crippen molar-refractivity contribution < 1.29 is 13.2 Å². The van der Waals surface area contributed by atoms with Crippen molar-refractivity contribution in [2.24, 2.45) is 0 Å². The van der Waals surface area contributed by atoms with Gasteiger partial charge in [-0.1, -0.05) is 30.3 Å². The molecule has 1 aromatic rings. The number of hydrogen-bond donors (Lipinski definition) is 0. The summed E-state index contributed by atoms with van der Waals surface area (Å²) in [5.41, 5.74) is 0.646. The normalized spacial score (nSPS) is 13.3. The first-order valence-corrected chi connectivity index (χ1v) is 7.54. The lowest BCUT2D eigenvalue weighted by atomic mass is 10.1. The maximum absolute atomic E-state index is 12.0. The van der Waals surface area contributed by atoms with Crippen molar-refractivity contribution in [3.8, 4) is 0 Å². The van der Waals surface area contributed by atoms with E-state index in [1.807, 2.05) is 6.07 Å². The van der Waals surface area contributed by atoms with Gasteiger partial charge in [-0.3, -0.25) is 4.79 Å². The molecule has 0 aliphatic heterocycles. The Morgan fingerprint density at radius 2 is 1.88 bits per heavy atom. The molecule has 0 saturated heterocycles. The maximum Gasteiger partial charge on any atom is 0.158 e.